The quantitative estimate of drug-likeness (QED) is 0.333. The van der Waals surface area contributed by atoms with Crippen LogP contribution in [0.15, 0.2) is 18.2 Å². The summed E-state index contributed by atoms with van der Waals surface area (Å²) in [5.74, 6) is -13.8. The third kappa shape index (κ3) is 4.07. The van der Waals surface area contributed by atoms with Crippen LogP contribution < -0.4 is 16.4 Å². The minimum atomic E-state index is -2.50. The highest BCUT2D eigenvalue weighted by Crippen LogP contribution is 2.21. The minimum Gasteiger partial charge on any atom is -0.207 e. The molecule has 0 saturated carbocycles. The standard InChI is InChI=1S/C24H18BF9/c1-4-10-13(26)7-16(29)19(22(10)32)25(20-17(30)8-14(27)11(5-2)23(20)33)21-18(31)9-15(28)12(6-3)24(21)34/h7-9H,4-6H2,1-3H3. The molecule has 0 aromatic heterocycles. The summed E-state index contributed by atoms with van der Waals surface area (Å²) in [6, 6.07) is 0.680. The average molecular weight is 488 g/mol. The van der Waals surface area contributed by atoms with Crippen LogP contribution in [0.25, 0.3) is 0 Å². The van der Waals surface area contributed by atoms with E-state index in [0.717, 1.165) is 0 Å². The maximum atomic E-state index is 15.3. The molecule has 3 rings (SSSR count). The Hall–Kier alpha value is -2.91. The van der Waals surface area contributed by atoms with Crippen LogP contribution in [-0.4, -0.2) is 6.71 Å². The molecule has 0 unspecified atom stereocenters. The molecule has 0 atom stereocenters. The van der Waals surface area contributed by atoms with Crippen LogP contribution in [0.1, 0.15) is 37.5 Å². The molecule has 0 aliphatic heterocycles. The Morgan fingerprint density at radius 3 is 0.882 bits per heavy atom. The maximum absolute atomic E-state index is 15.3. The van der Waals surface area contributed by atoms with E-state index in [9.17, 15) is 26.3 Å². The number of hydrogen-bond acceptors (Lipinski definition) is 0. The van der Waals surface area contributed by atoms with Crippen molar-refractivity contribution in [1.29, 1.82) is 0 Å². The lowest BCUT2D eigenvalue weighted by Gasteiger charge is -2.23. The summed E-state index contributed by atoms with van der Waals surface area (Å²) in [6.45, 7) is 1.42. The predicted octanol–water partition coefficient (Wildman–Crippen LogP) is 5.14. The van der Waals surface area contributed by atoms with E-state index < -0.39 is 92.1 Å². The van der Waals surface area contributed by atoms with Crippen molar-refractivity contribution in [1.82, 2.24) is 0 Å². The highest BCUT2D eigenvalue weighted by atomic mass is 19.2. The second-order valence-electron chi connectivity index (χ2n) is 7.63. The lowest BCUT2D eigenvalue weighted by atomic mass is 9.35. The number of rotatable bonds is 6. The van der Waals surface area contributed by atoms with Crippen molar-refractivity contribution in [2.45, 2.75) is 40.0 Å². The Bertz CT molecular complexity index is 1120. The fourth-order valence-corrected chi connectivity index (χ4v) is 4.14. The fraction of sp³-hybridized carbons (Fsp3) is 0.250. The van der Waals surface area contributed by atoms with Gasteiger partial charge in [-0.2, -0.15) is 0 Å². The molecular weight excluding hydrogens is 470 g/mol. The zero-order valence-electron chi connectivity index (χ0n) is 18.3. The monoisotopic (exact) mass is 488 g/mol. The largest absolute Gasteiger partial charge is 0.264 e. The van der Waals surface area contributed by atoms with Gasteiger partial charge in [0.25, 0.3) is 6.71 Å². The molecule has 0 N–H and O–H groups in total. The van der Waals surface area contributed by atoms with Crippen molar-refractivity contribution in [2.75, 3.05) is 0 Å². The molecule has 3 aromatic rings. The topological polar surface area (TPSA) is 0 Å². The zero-order valence-corrected chi connectivity index (χ0v) is 18.3. The summed E-state index contributed by atoms with van der Waals surface area (Å²) < 4.78 is 133. The molecule has 0 heterocycles. The van der Waals surface area contributed by atoms with Crippen molar-refractivity contribution >= 4 is 23.1 Å². The zero-order chi connectivity index (χ0) is 25.5. The normalized spacial score (nSPS) is 11.3. The van der Waals surface area contributed by atoms with Gasteiger partial charge < -0.3 is 0 Å². The number of benzene rings is 3. The van der Waals surface area contributed by atoms with Gasteiger partial charge in [-0.05, 0) is 19.3 Å². The molecule has 0 spiro atoms. The highest BCUT2D eigenvalue weighted by Gasteiger charge is 2.40. The lowest BCUT2D eigenvalue weighted by molar-refractivity contribution is 0.530. The van der Waals surface area contributed by atoms with Gasteiger partial charge in [-0.25, -0.2) is 39.5 Å². The molecule has 0 amide bonds. The lowest BCUT2D eigenvalue weighted by Crippen LogP contribution is -2.59. The molecule has 0 nitrogen and oxygen atoms in total. The molecule has 0 fully saturated rings. The second-order valence-corrected chi connectivity index (χ2v) is 7.63. The van der Waals surface area contributed by atoms with Gasteiger partial charge in [-0.15, -0.1) is 0 Å². The van der Waals surface area contributed by atoms with E-state index in [2.05, 4.69) is 0 Å². The van der Waals surface area contributed by atoms with E-state index in [1.165, 1.54) is 20.8 Å². The number of hydrogen-bond donors (Lipinski definition) is 0. The van der Waals surface area contributed by atoms with Crippen LogP contribution in [0.5, 0.6) is 0 Å². The Balaban J connectivity index is 2.58. The molecule has 34 heavy (non-hydrogen) atoms. The van der Waals surface area contributed by atoms with Gasteiger partial charge in [0.1, 0.15) is 52.4 Å². The van der Waals surface area contributed by atoms with Gasteiger partial charge in [0.15, 0.2) is 0 Å². The first-order chi connectivity index (χ1) is 16.0. The second kappa shape index (κ2) is 9.76. The van der Waals surface area contributed by atoms with Gasteiger partial charge in [-0.3, -0.25) is 0 Å². The summed E-state index contributed by atoms with van der Waals surface area (Å²) in [4.78, 5) is 0. The highest BCUT2D eigenvalue weighted by molar-refractivity contribution is 6.95. The van der Waals surface area contributed by atoms with Gasteiger partial charge in [0.2, 0.25) is 0 Å². The Morgan fingerprint density at radius 2 is 0.676 bits per heavy atom. The van der Waals surface area contributed by atoms with Gasteiger partial charge in [-0.1, -0.05) is 20.8 Å². The molecule has 0 bridgehead atoms. The third-order valence-corrected chi connectivity index (χ3v) is 5.83. The van der Waals surface area contributed by atoms with Crippen molar-refractivity contribution in [2.24, 2.45) is 0 Å². The third-order valence-electron chi connectivity index (χ3n) is 5.83. The maximum Gasteiger partial charge on any atom is 0.264 e. The minimum absolute atomic E-state index is 0.227. The molecule has 0 aliphatic rings. The SMILES string of the molecule is CCc1c(F)cc(F)c(B(c2c(F)cc(F)c(CC)c2F)c2c(F)cc(F)c(CC)c2F)c1F. The molecule has 3 aromatic carbocycles. The first-order valence-electron chi connectivity index (χ1n) is 10.5. The van der Waals surface area contributed by atoms with Crippen LogP contribution in [0, 0.1) is 52.4 Å². The smallest absolute Gasteiger partial charge is 0.207 e. The van der Waals surface area contributed by atoms with Crippen molar-refractivity contribution in [3.63, 3.8) is 0 Å². The van der Waals surface area contributed by atoms with Crippen LogP contribution >= 0.6 is 0 Å². The van der Waals surface area contributed by atoms with Crippen LogP contribution in [0.2, 0.25) is 0 Å². The Kier molecular flexibility index (Phi) is 7.38. The van der Waals surface area contributed by atoms with Gasteiger partial charge in [0, 0.05) is 51.3 Å². The summed E-state index contributed by atoms with van der Waals surface area (Å²) in [7, 11) is 0. The van der Waals surface area contributed by atoms with Crippen LogP contribution in [0.3, 0.4) is 0 Å². The molecular formula is C24H18BF9. The first-order valence-corrected chi connectivity index (χ1v) is 10.5. The molecule has 180 valence electrons. The Labute approximate surface area is 190 Å². The molecule has 0 radical (unpaired) electrons. The van der Waals surface area contributed by atoms with E-state index in [0.29, 0.717) is 0 Å². The molecule has 0 saturated heterocycles. The van der Waals surface area contributed by atoms with Gasteiger partial charge in [0.05, 0.1) is 0 Å². The van der Waals surface area contributed by atoms with Crippen molar-refractivity contribution < 1.29 is 39.5 Å². The van der Waals surface area contributed by atoms with E-state index in [4.69, 9.17) is 0 Å². The van der Waals surface area contributed by atoms with E-state index in [-0.39, 0.29) is 37.5 Å². The summed E-state index contributed by atoms with van der Waals surface area (Å²) in [6.07, 6.45) is -0.997. The first kappa shape index (κ1) is 25.7. The van der Waals surface area contributed by atoms with Crippen LogP contribution in [0.4, 0.5) is 39.5 Å². The Morgan fingerprint density at radius 1 is 0.441 bits per heavy atom. The van der Waals surface area contributed by atoms with Crippen molar-refractivity contribution in [3.05, 3.63) is 87.2 Å². The van der Waals surface area contributed by atoms with E-state index in [1.54, 1.807) is 0 Å². The number of halogens is 9. The summed E-state index contributed by atoms with van der Waals surface area (Å²) >= 11 is 0. The van der Waals surface area contributed by atoms with Gasteiger partial charge >= 0.3 is 0 Å². The molecule has 10 heteroatoms. The fourth-order valence-electron chi connectivity index (χ4n) is 4.14. The van der Waals surface area contributed by atoms with E-state index >= 15 is 13.2 Å². The van der Waals surface area contributed by atoms with E-state index in [1.807, 2.05) is 0 Å². The predicted molar refractivity (Wildman–Crippen MR) is 112 cm³/mol. The van der Waals surface area contributed by atoms with Crippen LogP contribution in [-0.2, 0) is 19.3 Å². The average Bonchev–Trinajstić information content (AvgIpc) is 2.73. The summed E-state index contributed by atoms with van der Waals surface area (Å²) in [5, 5.41) is 0. The summed E-state index contributed by atoms with van der Waals surface area (Å²) in [5.41, 5.74) is -5.85. The van der Waals surface area contributed by atoms with Crippen molar-refractivity contribution in [3.8, 4) is 0 Å². The molecule has 0 aliphatic carbocycles.